The second kappa shape index (κ2) is 12.7. The fourth-order valence-electron chi connectivity index (χ4n) is 5.78. The van der Waals surface area contributed by atoms with Gasteiger partial charge in [0, 0.05) is 25.2 Å². The maximum Gasteiger partial charge on any atom is 0.258 e. The first kappa shape index (κ1) is 27.3. The Labute approximate surface area is 220 Å². The van der Waals surface area contributed by atoms with Crippen molar-refractivity contribution in [3.8, 4) is 11.5 Å². The smallest absolute Gasteiger partial charge is 0.258 e. The molecule has 1 saturated carbocycles. The van der Waals surface area contributed by atoms with Crippen LogP contribution in [0.1, 0.15) is 76.6 Å². The number of ether oxygens (including phenoxy) is 1. The van der Waals surface area contributed by atoms with Crippen LogP contribution in [0.4, 0.5) is 10.2 Å². The molecule has 1 N–H and O–H groups in total. The third-order valence-electron chi connectivity index (χ3n) is 7.57. The molecule has 0 bridgehead atoms. The molecule has 4 rings (SSSR count). The highest BCUT2D eigenvalue weighted by Gasteiger charge is 2.28. The van der Waals surface area contributed by atoms with Crippen LogP contribution in [0, 0.1) is 17.7 Å². The number of aromatic nitrogens is 2. The van der Waals surface area contributed by atoms with Crippen molar-refractivity contribution in [2.75, 3.05) is 31.1 Å². The Hall–Kier alpha value is -2.74. The third kappa shape index (κ3) is 6.98. The van der Waals surface area contributed by atoms with E-state index >= 15 is 0 Å². The number of anilines is 1. The number of amides is 1. The molecule has 2 aliphatic rings. The van der Waals surface area contributed by atoms with Crippen molar-refractivity contribution in [3.05, 3.63) is 42.1 Å². The van der Waals surface area contributed by atoms with Crippen molar-refractivity contribution in [3.63, 3.8) is 0 Å². The summed E-state index contributed by atoms with van der Waals surface area (Å²) in [6.07, 6.45) is 11.1. The molecule has 7 nitrogen and oxygen atoms in total. The van der Waals surface area contributed by atoms with Gasteiger partial charge in [-0.25, -0.2) is 14.4 Å². The summed E-state index contributed by atoms with van der Waals surface area (Å²) in [5.74, 6) is 2.11. The molecule has 1 atom stereocenters. The van der Waals surface area contributed by atoms with Crippen LogP contribution in [0.5, 0.6) is 11.5 Å². The van der Waals surface area contributed by atoms with Crippen molar-refractivity contribution in [1.82, 2.24) is 20.2 Å². The Balaban J connectivity index is 1.45. The monoisotopic (exact) mass is 511 g/mol. The molecule has 1 aromatic heterocycles. The molecule has 1 aliphatic carbocycles. The Morgan fingerprint density at radius 3 is 2.54 bits per heavy atom. The summed E-state index contributed by atoms with van der Waals surface area (Å²) >= 11 is 0. The van der Waals surface area contributed by atoms with Crippen LogP contribution < -0.4 is 15.0 Å². The molecule has 1 saturated heterocycles. The van der Waals surface area contributed by atoms with Crippen LogP contribution in [0.25, 0.3) is 0 Å². The lowest BCUT2D eigenvalue weighted by atomic mass is 9.89. The lowest BCUT2D eigenvalue weighted by molar-refractivity contribution is 0.0640. The average Bonchev–Trinajstić information content (AvgIpc) is 3.34. The average molecular weight is 512 g/mol. The normalized spacial score (nSPS) is 18.6. The van der Waals surface area contributed by atoms with E-state index in [1.165, 1.54) is 56.6 Å². The number of carbonyl (C=O) groups excluding carboxylic acids is 1. The minimum Gasteiger partial charge on any atom is -0.451 e. The van der Waals surface area contributed by atoms with Gasteiger partial charge in [0.2, 0.25) is 0 Å². The van der Waals surface area contributed by atoms with E-state index in [1.807, 2.05) is 27.7 Å². The van der Waals surface area contributed by atoms with E-state index < -0.39 is 5.82 Å². The first-order valence-electron chi connectivity index (χ1n) is 13.9. The summed E-state index contributed by atoms with van der Waals surface area (Å²) in [6, 6.07) is 4.01. The molecule has 2 fully saturated rings. The zero-order valence-electron chi connectivity index (χ0n) is 22.8. The number of rotatable bonds is 10. The molecule has 0 radical (unpaired) electrons. The van der Waals surface area contributed by atoms with E-state index in [4.69, 9.17) is 4.74 Å². The molecule has 2 heterocycles. The van der Waals surface area contributed by atoms with E-state index in [1.54, 1.807) is 11.1 Å². The van der Waals surface area contributed by atoms with Gasteiger partial charge in [0.25, 0.3) is 5.91 Å². The van der Waals surface area contributed by atoms with E-state index in [-0.39, 0.29) is 23.6 Å². The number of nitrogens with zero attached hydrogens (tertiary/aromatic N) is 4. The minimum atomic E-state index is -0.476. The van der Waals surface area contributed by atoms with Gasteiger partial charge >= 0.3 is 0 Å². The van der Waals surface area contributed by atoms with Gasteiger partial charge in [-0.3, -0.25) is 4.79 Å². The van der Waals surface area contributed by atoms with Crippen LogP contribution in [0.15, 0.2) is 30.7 Å². The third-order valence-corrected chi connectivity index (χ3v) is 7.57. The van der Waals surface area contributed by atoms with Crippen molar-refractivity contribution in [1.29, 1.82) is 0 Å². The Bertz CT molecular complexity index is 1030. The Morgan fingerprint density at radius 1 is 1.08 bits per heavy atom. The van der Waals surface area contributed by atoms with Crippen molar-refractivity contribution in [2.45, 2.75) is 78.3 Å². The number of benzene rings is 1. The molecule has 8 heteroatoms. The summed E-state index contributed by atoms with van der Waals surface area (Å²) in [5.41, 5.74) is 0.198. The van der Waals surface area contributed by atoms with E-state index in [9.17, 15) is 9.18 Å². The highest BCUT2D eigenvalue weighted by atomic mass is 19.1. The first-order chi connectivity index (χ1) is 17.8. The molecule has 2 aromatic rings. The Kier molecular flexibility index (Phi) is 9.35. The largest absolute Gasteiger partial charge is 0.451 e. The maximum atomic E-state index is 14.2. The maximum absolute atomic E-state index is 14.2. The summed E-state index contributed by atoms with van der Waals surface area (Å²) in [7, 11) is 0. The second-order valence-corrected chi connectivity index (χ2v) is 11.1. The lowest BCUT2D eigenvalue weighted by Crippen LogP contribution is -2.42. The molecule has 0 spiro atoms. The fraction of sp³-hybridized carbons (Fsp3) is 0.621. The Morgan fingerprint density at radius 2 is 1.81 bits per heavy atom. The molecule has 37 heavy (non-hydrogen) atoms. The predicted octanol–water partition coefficient (Wildman–Crippen LogP) is 5.66. The van der Waals surface area contributed by atoms with Crippen molar-refractivity contribution < 1.29 is 13.9 Å². The van der Waals surface area contributed by atoms with Gasteiger partial charge in [-0.05, 0) is 90.1 Å². The van der Waals surface area contributed by atoms with Crippen molar-refractivity contribution >= 4 is 11.7 Å². The van der Waals surface area contributed by atoms with Gasteiger partial charge in [0.15, 0.2) is 11.6 Å². The van der Waals surface area contributed by atoms with Gasteiger partial charge < -0.3 is 19.9 Å². The van der Waals surface area contributed by atoms with Crippen LogP contribution >= 0.6 is 0 Å². The van der Waals surface area contributed by atoms with Gasteiger partial charge in [0.05, 0.1) is 11.8 Å². The van der Waals surface area contributed by atoms with Crippen molar-refractivity contribution in [2.24, 2.45) is 11.8 Å². The van der Waals surface area contributed by atoms with E-state index in [0.29, 0.717) is 23.2 Å². The zero-order valence-corrected chi connectivity index (χ0v) is 22.8. The van der Waals surface area contributed by atoms with Crippen LogP contribution in [-0.4, -0.2) is 59.0 Å². The summed E-state index contributed by atoms with van der Waals surface area (Å²) in [5, 5.41) is 3.71. The molecule has 1 aromatic carbocycles. The molecule has 202 valence electrons. The molecule has 1 aliphatic heterocycles. The number of halogens is 1. The molecular formula is C29H42FN5O2. The SMILES string of the molecule is CC(C)N(C(=O)c1cc(F)ccc1Oc1cncnc1N1CCC(CNCC2CCCCC2)C1)C(C)C. The number of nitrogens with one attached hydrogen (secondary N) is 1. The quantitative estimate of drug-likeness (QED) is 0.444. The number of hydrogen-bond acceptors (Lipinski definition) is 6. The molecule has 1 unspecified atom stereocenters. The summed E-state index contributed by atoms with van der Waals surface area (Å²) in [6.45, 7) is 11.7. The number of hydrogen-bond donors (Lipinski definition) is 1. The first-order valence-corrected chi connectivity index (χ1v) is 13.9. The van der Waals surface area contributed by atoms with Crippen LogP contribution in [0.2, 0.25) is 0 Å². The number of carbonyl (C=O) groups is 1. The second-order valence-electron chi connectivity index (χ2n) is 11.1. The van der Waals surface area contributed by atoms with E-state index in [0.717, 1.165) is 38.5 Å². The summed E-state index contributed by atoms with van der Waals surface area (Å²) in [4.78, 5) is 26.1. The molecule has 1 amide bonds. The van der Waals surface area contributed by atoms with Gasteiger partial charge in [0.1, 0.15) is 17.9 Å². The highest BCUT2D eigenvalue weighted by molar-refractivity contribution is 5.97. The van der Waals surface area contributed by atoms with Gasteiger partial charge in [-0.2, -0.15) is 0 Å². The zero-order chi connectivity index (χ0) is 26.4. The van der Waals surface area contributed by atoms with Crippen LogP contribution in [0.3, 0.4) is 0 Å². The van der Waals surface area contributed by atoms with Gasteiger partial charge in [-0.15, -0.1) is 0 Å². The van der Waals surface area contributed by atoms with Gasteiger partial charge in [-0.1, -0.05) is 19.3 Å². The topological polar surface area (TPSA) is 70.6 Å². The lowest BCUT2D eigenvalue weighted by Gasteiger charge is -2.31. The van der Waals surface area contributed by atoms with E-state index in [2.05, 4.69) is 20.2 Å². The summed E-state index contributed by atoms with van der Waals surface area (Å²) < 4.78 is 20.5. The molecular weight excluding hydrogens is 469 g/mol. The standard InChI is InChI=1S/C29H42FN5O2/c1-20(2)35(21(3)4)29(36)25-14-24(30)10-11-26(25)37-27-17-32-19-33-28(27)34-13-12-23(18-34)16-31-15-22-8-6-5-7-9-22/h10-11,14,17,19-23,31H,5-9,12-13,15-16,18H2,1-4H3. The predicted molar refractivity (Wildman–Crippen MR) is 145 cm³/mol. The minimum absolute atomic E-state index is 0.0347. The van der Waals surface area contributed by atoms with Crippen LogP contribution in [-0.2, 0) is 0 Å². The highest BCUT2D eigenvalue weighted by Crippen LogP contribution is 2.35. The fourth-order valence-corrected chi connectivity index (χ4v) is 5.78.